The average Bonchev–Trinajstić information content (AvgIpc) is 2.53. The van der Waals surface area contributed by atoms with Crippen molar-refractivity contribution >= 4 is 11.5 Å². The highest BCUT2D eigenvalue weighted by Gasteiger charge is 2.26. The first-order valence-corrected chi connectivity index (χ1v) is 8.39. The van der Waals surface area contributed by atoms with Gasteiger partial charge >= 0.3 is 0 Å². The second-order valence-corrected chi connectivity index (χ2v) is 6.13. The Hall–Kier alpha value is -1.97. The number of carbonyl (C=O) groups excluding carboxylic acids is 1. The van der Waals surface area contributed by atoms with E-state index in [-0.39, 0.29) is 5.78 Å². The van der Waals surface area contributed by atoms with Gasteiger partial charge < -0.3 is 5.32 Å². The molecule has 0 bridgehead atoms. The van der Waals surface area contributed by atoms with Crippen LogP contribution in [0.1, 0.15) is 74.0 Å². The molecule has 0 radical (unpaired) electrons. The first-order valence-electron chi connectivity index (χ1n) is 8.39. The van der Waals surface area contributed by atoms with Crippen molar-refractivity contribution < 1.29 is 4.79 Å². The number of nitrogens with zero attached hydrogens (tertiary/aromatic N) is 2. The number of hydrogen-bond acceptors (Lipinski definition) is 4. The molecule has 0 amide bonds. The van der Waals surface area contributed by atoms with E-state index in [2.05, 4.69) is 15.3 Å². The molecule has 1 aliphatic carbocycles. The number of aliphatic imine (C=N–C) groups is 1. The van der Waals surface area contributed by atoms with Gasteiger partial charge in [0.05, 0.1) is 11.4 Å². The number of rotatable bonds is 6. The summed E-state index contributed by atoms with van der Waals surface area (Å²) in [6.45, 7) is 5.97. The molecule has 0 unspecified atom stereocenters. The molecule has 0 atom stereocenters. The lowest BCUT2D eigenvalue weighted by Gasteiger charge is -2.26. The Balaban J connectivity index is 2.50. The van der Waals surface area contributed by atoms with Crippen molar-refractivity contribution in [1.82, 2.24) is 10.3 Å². The van der Waals surface area contributed by atoms with Crippen LogP contribution >= 0.6 is 0 Å². The standard InChI is InChI=1S/C19H27N3O/c1-6-17(23)16-10-15(11-22-19(16)14-8-7-9-14)18(21-5)12(2)13(3)20-4/h10-11,14,20H,6-9H2,1-5H3/b13-12+,21-18?. The van der Waals surface area contributed by atoms with Crippen molar-refractivity contribution in [1.29, 1.82) is 0 Å². The highest BCUT2D eigenvalue weighted by atomic mass is 16.1. The monoisotopic (exact) mass is 313 g/mol. The average molecular weight is 313 g/mol. The van der Waals surface area contributed by atoms with Gasteiger partial charge in [0.2, 0.25) is 0 Å². The van der Waals surface area contributed by atoms with Crippen LogP contribution in [0, 0.1) is 0 Å². The Bertz CT molecular complexity index is 655. The Morgan fingerprint density at radius 1 is 1.39 bits per heavy atom. The number of nitrogens with one attached hydrogen (secondary N) is 1. The lowest BCUT2D eigenvalue weighted by Crippen LogP contribution is -2.18. The summed E-state index contributed by atoms with van der Waals surface area (Å²) in [6.07, 6.45) is 5.90. The third-order valence-electron chi connectivity index (χ3n) is 4.82. The number of ketones is 1. The van der Waals surface area contributed by atoms with E-state index in [9.17, 15) is 4.79 Å². The molecule has 124 valence electrons. The summed E-state index contributed by atoms with van der Waals surface area (Å²) >= 11 is 0. The number of pyridine rings is 1. The highest BCUT2D eigenvalue weighted by Crippen LogP contribution is 2.37. The van der Waals surface area contributed by atoms with Crippen LogP contribution in [0.2, 0.25) is 0 Å². The fourth-order valence-electron chi connectivity index (χ4n) is 2.90. The number of aromatic nitrogens is 1. The normalized spacial score (nSPS) is 16.7. The summed E-state index contributed by atoms with van der Waals surface area (Å²) in [6, 6.07) is 1.99. The second kappa shape index (κ2) is 7.53. The molecule has 23 heavy (non-hydrogen) atoms. The Morgan fingerprint density at radius 2 is 2.09 bits per heavy atom. The first-order chi connectivity index (χ1) is 11.0. The molecule has 1 fully saturated rings. The van der Waals surface area contributed by atoms with Gasteiger partial charge in [-0.2, -0.15) is 0 Å². The maximum atomic E-state index is 12.4. The van der Waals surface area contributed by atoms with Crippen molar-refractivity contribution in [2.24, 2.45) is 4.99 Å². The summed E-state index contributed by atoms with van der Waals surface area (Å²) in [5.41, 5.74) is 5.70. The van der Waals surface area contributed by atoms with Crippen LogP contribution < -0.4 is 5.32 Å². The summed E-state index contributed by atoms with van der Waals surface area (Å²) in [5.74, 6) is 0.621. The predicted molar refractivity (Wildman–Crippen MR) is 95.3 cm³/mol. The minimum Gasteiger partial charge on any atom is -0.391 e. The summed E-state index contributed by atoms with van der Waals surface area (Å²) in [4.78, 5) is 21.5. The molecular formula is C19H27N3O. The van der Waals surface area contributed by atoms with Crippen LogP contribution in [0.3, 0.4) is 0 Å². The van der Waals surface area contributed by atoms with Crippen LogP contribution in [0.25, 0.3) is 0 Å². The van der Waals surface area contributed by atoms with Gasteiger partial charge in [-0.1, -0.05) is 13.3 Å². The molecule has 4 nitrogen and oxygen atoms in total. The van der Waals surface area contributed by atoms with Crippen LogP contribution in [-0.2, 0) is 0 Å². The van der Waals surface area contributed by atoms with Gasteiger partial charge in [-0.3, -0.25) is 14.8 Å². The maximum Gasteiger partial charge on any atom is 0.164 e. The van der Waals surface area contributed by atoms with Crippen molar-refractivity contribution in [2.75, 3.05) is 14.1 Å². The molecule has 0 aliphatic heterocycles. The van der Waals surface area contributed by atoms with Gasteiger partial charge in [-0.25, -0.2) is 0 Å². The largest absolute Gasteiger partial charge is 0.391 e. The zero-order chi connectivity index (χ0) is 17.0. The van der Waals surface area contributed by atoms with Gasteiger partial charge in [0.15, 0.2) is 5.78 Å². The molecule has 1 aliphatic rings. The SMILES string of the molecule is CCC(=O)c1cc(C(=NC)/C(C)=C(\C)NC)cnc1C1CCC1. The fourth-order valence-corrected chi connectivity index (χ4v) is 2.90. The zero-order valence-electron chi connectivity index (χ0n) is 14.9. The lowest BCUT2D eigenvalue weighted by molar-refractivity contribution is 0.0985. The Labute approximate surface area is 139 Å². The molecule has 0 aromatic carbocycles. The van der Waals surface area contributed by atoms with E-state index in [1.165, 1.54) is 6.42 Å². The Kier molecular flexibility index (Phi) is 5.69. The number of hydrogen-bond donors (Lipinski definition) is 1. The second-order valence-electron chi connectivity index (χ2n) is 6.13. The highest BCUT2D eigenvalue weighted by molar-refractivity contribution is 6.13. The van der Waals surface area contributed by atoms with Crippen molar-refractivity contribution in [3.8, 4) is 0 Å². The van der Waals surface area contributed by atoms with E-state index in [0.717, 1.165) is 46.6 Å². The van der Waals surface area contributed by atoms with E-state index in [1.54, 1.807) is 7.05 Å². The molecular weight excluding hydrogens is 286 g/mol. The number of Topliss-reactive ketones (excluding diaryl/α,β-unsaturated/α-hetero) is 1. The maximum absolute atomic E-state index is 12.4. The molecule has 1 aromatic heterocycles. The minimum absolute atomic E-state index is 0.170. The Morgan fingerprint density at radius 3 is 2.57 bits per heavy atom. The van der Waals surface area contributed by atoms with Crippen molar-refractivity contribution in [3.63, 3.8) is 0 Å². The van der Waals surface area contributed by atoms with Gasteiger partial charge in [0.25, 0.3) is 0 Å². The quantitative estimate of drug-likeness (QED) is 0.640. The van der Waals surface area contributed by atoms with Gasteiger partial charge in [0.1, 0.15) is 0 Å². The van der Waals surface area contributed by atoms with Gasteiger partial charge in [-0.05, 0) is 38.3 Å². The van der Waals surface area contributed by atoms with Gasteiger partial charge in [-0.15, -0.1) is 0 Å². The molecule has 1 saturated carbocycles. The van der Waals surface area contributed by atoms with E-state index < -0.39 is 0 Å². The van der Waals surface area contributed by atoms with Crippen LogP contribution in [0.4, 0.5) is 0 Å². The fraction of sp³-hybridized carbons (Fsp3) is 0.526. The van der Waals surface area contributed by atoms with E-state index >= 15 is 0 Å². The number of carbonyl (C=O) groups is 1. The van der Waals surface area contributed by atoms with Crippen LogP contribution in [-0.4, -0.2) is 30.6 Å². The molecule has 0 spiro atoms. The molecule has 1 N–H and O–H groups in total. The smallest absolute Gasteiger partial charge is 0.164 e. The van der Waals surface area contributed by atoms with Crippen LogP contribution in [0.5, 0.6) is 0 Å². The predicted octanol–water partition coefficient (Wildman–Crippen LogP) is 3.87. The number of allylic oxidation sites excluding steroid dienone is 2. The van der Waals surface area contributed by atoms with E-state index in [4.69, 9.17) is 0 Å². The molecule has 1 aromatic rings. The van der Waals surface area contributed by atoms with Gasteiger partial charge in [0, 0.05) is 49.5 Å². The molecule has 0 saturated heterocycles. The van der Waals surface area contributed by atoms with Crippen LogP contribution in [0.15, 0.2) is 28.5 Å². The molecule has 2 rings (SSSR count). The molecule has 4 heteroatoms. The van der Waals surface area contributed by atoms with Crippen molar-refractivity contribution in [2.45, 2.75) is 52.4 Å². The zero-order valence-corrected chi connectivity index (χ0v) is 14.9. The lowest BCUT2D eigenvalue weighted by atomic mass is 9.80. The third kappa shape index (κ3) is 3.52. The first kappa shape index (κ1) is 17.4. The summed E-state index contributed by atoms with van der Waals surface area (Å²) < 4.78 is 0. The van der Waals surface area contributed by atoms with E-state index in [0.29, 0.717) is 12.3 Å². The van der Waals surface area contributed by atoms with E-state index in [1.807, 2.05) is 40.1 Å². The molecule has 1 heterocycles. The summed E-state index contributed by atoms with van der Waals surface area (Å²) in [5, 5.41) is 3.16. The topological polar surface area (TPSA) is 54.4 Å². The minimum atomic E-state index is 0.170. The summed E-state index contributed by atoms with van der Waals surface area (Å²) in [7, 11) is 3.68. The third-order valence-corrected chi connectivity index (χ3v) is 4.82. The van der Waals surface area contributed by atoms with Crippen molar-refractivity contribution in [3.05, 3.63) is 40.4 Å².